The molecule has 8 nitrogen and oxygen atoms in total. The Hall–Kier alpha value is -2.17. The van der Waals surface area contributed by atoms with Gasteiger partial charge in [-0.3, -0.25) is 0 Å². The second kappa shape index (κ2) is 8.64. The third-order valence-electron chi connectivity index (χ3n) is 6.54. The van der Waals surface area contributed by atoms with Crippen LogP contribution in [0, 0.1) is 6.92 Å². The lowest BCUT2D eigenvalue weighted by molar-refractivity contribution is 0.0876. The normalized spacial score (nSPS) is 18.3. The van der Waals surface area contributed by atoms with Crippen LogP contribution in [-0.4, -0.2) is 38.7 Å². The Morgan fingerprint density at radius 1 is 1.12 bits per heavy atom. The Morgan fingerprint density at radius 2 is 1.78 bits per heavy atom. The van der Waals surface area contributed by atoms with E-state index in [-0.39, 0.29) is 6.04 Å². The zero-order valence-corrected chi connectivity index (χ0v) is 19.8. The summed E-state index contributed by atoms with van der Waals surface area (Å²) in [6, 6.07) is 1.29. The summed E-state index contributed by atoms with van der Waals surface area (Å²) < 4.78 is 35.8. The minimum atomic E-state index is -4.12. The summed E-state index contributed by atoms with van der Waals surface area (Å²) >= 11 is 1.30. The Bertz CT molecular complexity index is 1110. The molecule has 0 unspecified atom stereocenters. The fraction of sp³-hybridized carbons (Fsp3) is 0.545. The number of anilines is 2. The number of carbonyl (C=O) groups excluding carboxylic acids is 1. The Kier molecular flexibility index (Phi) is 5.85. The van der Waals surface area contributed by atoms with Crippen molar-refractivity contribution in [3.63, 3.8) is 0 Å². The van der Waals surface area contributed by atoms with Crippen molar-refractivity contribution in [3.8, 4) is 0 Å². The van der Waals surface area contributed by atoms with Crippen molar-refractivity contribution in [2.24, 2.45) is 0 Å². The zero-order chi connectivity index (χ0) is 22.3. The largest absolute Gasteiger partial charge is 0.381 e. The molecule has 0 spiro atoms. The molecule has 2 amide bonds. The minimum Gasteiger partial charge on any atom is -0.381 e. The van der Waals surface area contributed by atoms with Gasteiger partial charge in [0.05, 0.1) is 17.2 Å². The summed E-state index contributed by atoms with van der Waals surface area (Å²) in [4.78, 5) is 17.2. The number of urea groups is 1. The molecule has 0 atom stereocenters. The van der Waals surface area contributed by atoms with Crippen molar-refractivity contribution in [1.29, 1.82) is 0 Å². The van der Waals surface area contributed by atoms with Crippen molar-refractivity contribution in [2.75, 3.05) is 22.8 Å². The fourth-order valence-corrected chi connectivity index (χ4v) is 7.57. The number of hydrogen-bond acceptors (Lipinski definition) is 6. The van der Waals surface area contributed by atoms with Gasteiger partial charge in [0.15, 0.2) is 0 Å². The Labute approximate surface area is 192 Å². The highest BCUT2D eigenvalue weighted by atomic mass is 32.2. The van der Waals surface area contributed by atoms with E-state index in [0.29, 0.717) is 31.1 Å². The molecule has 1 fully saturated rings. The van der Waals surface area contributed by atoms with Gasteiger partial charge in [-0.1, -0.05) is 6.07 Å². The van der Waals surface area contributed by atoms with E-state index in [9.17, 15) is 13.2 Å². The van der Waals surface area contributed by atoms with Gasteiger partial charge < -0.3 is 10.1 Å². The second-order valence-electron chi connectivity index (χ2n) is 8.65. The predicted molar refractivity (Wildman–Crippen MR) is 125 cm³/mol. The smallest absolute Gasteiger partial charge is 0.334 e. The summed E-state index contributed by atoms with van der Waals surface area (Å²) in [5.41, 5.74) is 5.72. The summed E-state index contributed by atoms with van der Waals surface area (Å²) in [7, 11) is -4.12. The van der Waals surface area contributed by atoms with E-state index in [1.807, 2.05) is 6.92 Å². The standard InChI is InChI=1S/C22H28N4O4S2/c1-14-23-13-20(31-14)26(17-8-10-30-11-9-17)32(28,29)25-22(27)24-21-18-6-2-4-15(18)12-16-5-3-7-19(16)21/h12-13,17H,2-11H2,1H3,(H2,24,25,27). The molecular formula is C22H28N4O4S2. The highest BCUT2D eigenvalue weighted by molar-refractivity contribution is 7.91. The van der Waals surface area contributed by atoms with Gasteiger partial charge in [-0.25, -0.2) is 18.8 Å². The van der Waals surface area contributed by atoms with Gasteiger partial charge in [0.25, 0.3) is 0 Å². The third kappa shape index (κ3) is 4.11. The summed E-state index contributed by atoms with van der Waals surface area (Å²) in [5.74, 6) is 0. The van der Waals surface area contributed by atoms with Gasteiger partial charge in [0, 0.05) is 18.9 Å². The molecule has 0 saturated carbocycles. The molecule has 172 valence electrons. The molecule has 10 heteroatoms. The topological polar surface area (TPSA) is 101 Å². The number of benzene rings is 1. The zero-order valence-electron chi connectivity index (χ0n) is 18.1. The molecule has 0 bridgehead atoms. The molecule has 1 aromatic heterocycles. The number of nitrogens with zero attached hydrogens (tertiary/aromatic N) is 2. The molecule has 2 aromatic rings. The maximum absolute atomic E-state index is 13.4. The lowest BCUT2D eigenvalue weighted by Gasteiger charge is -2.33. The van der Waals surface area contributed by atoms with Gasteiger partial charge in [0.2, 0.25) is 0 Å². The number of nitrogens with one attached hydrogen (secondary N) is 2. The summed E-state index contributed by atoms with van der Waals surface area (Å²) in [5, 5.41) is 4.20. The molecule has 32 heavy (non-hydrogen) atoms. The highest BCUT2D eigenvalue weighted by Gasteiger charge is 2.35. The predicted octanol–water partition coefficient (Wildman–Crippen LogP) is 3.48. The van der Waals surface area contributed by atoms with Gasteiger partial charge in [-0.05, 0) is 80.5 Å². The molecule has 5 rings (SSSR count). The quantitative estimate of drug-likeness (QED) is 0.688. The van der Waals surface area contributed by atoms with Crippen molar-refractivity contribution in [3.05, 3.63) is 39.5 Å². The number of hydrogen-bond donors (Lipinski definition) is 2. The number of rotatable bonds is 5. The first-order valence-electron chi connectivity index (χ1n) is 11.2. The lowest BCUT2D eigenvalue weighted by Crippen LogP contribution is -2.51. The Balaban J connectivity index is 1.41. The van der Waals surface area contributed by atoms with E-state index in [2.05, 4.69) is 21.1 Å². The van der Waals surface area contributed by atoms with E-state index in [0.717, 1.165) is 60.3 Å². The maximum Gasteiger partial charge on any atom is 0.334 e. The molecule has 2 N–H and O–H groups in total. The first kappa shape index (κ1) is 21.7. The summed E-state index contributed by atoms with van der Waals surface area (Å²) in [6.45, 7) is 2.81. The molecule has 3 aliphatic rings. The van der Waals surface area contributed by atoms with Crippen molar-refractivity contribution in [2.45, 2.75) is 64.3 Å². The van der Waals surface area contributed by atoms with Crippen LogP contribution >= 0.6 is 11.3 Å². The monoisotopic (exact) mass is 476 g/mol. The molecule has 0 radical (unpaired) electrons. The number of aryl methyl sites for hydroxylation is 3. The van der Waals surface area contributed by atoms with Crippen molar-refractivity contribution in [1.82, 2.24) is 9.71 Å². The van der Waals surface area contributed by atoms with Crippen LogP contribution in [-0.2, 0) is 40.6 Å². The van der Waals surface area contributed by atoms with Crippen molar-refractivity contribution < 1.29 is 17.9 Å². The average Bonchev–Trinajstić information content (AvgIpc) is 3.49. The number of aromatic nitrogens is 1. The van der Waals surface area contributed by atoms with E-state index in [1.54, 1.807) is 6.20 Å². The number of carbonyl (C=O) groups is 1. The minimum absolute atomic E-state index is 0.279. The third-order valence-corrected chi connectivity index (χ3v) is 9.02. The van der Waals surface area contributed by atoms with Crippen LogP contribution in [0.2, 0.25) is 0 Å². The second-order valence-corrected chi connectivity index (χ2v) is 11.4. The van der Waals surface area contributed by atoms with Gasteiger partial charge in [0.1, 0.15) is 5.00 Å². The van der Waals surface area contributed by atoms with Crippen LogP contribution in [0.25, 0.3) is 0 Å². The molecule has 2 aliphatic carbocycles. The van der Waals surface area contributed by atoms with E-state index in [4.69, 9.17) is 4.74 Å². The van der Waals surface area contributed by atoms with Crippen LogP contribution < -0.4 is 14.3 Å². The highest BCUT2D eigenvalue weighted by Crippen LogP contribution is 2.38. The first-order chi connectivity index (χ1) is 15.4. The number of thiazole rings is 1. The molecular weight excluding hydrogens is 448 g/mol. The van der Waals surface area contributed by atoms with E-state index < -0.39 is 16.2 Å². The number of fused-ring (bicyclic) bond motifs is 2. The van der Waals surface area contributed by atoms with Crippen LogP contribution in [0.3, 0.4) is 0 Å². The molecule has 2 heterocycles. The van der Waals surface area contributed by atoms with Crippen LogP contribution in [0.5, 0.6) is 0 Å². The van der Waals surface area contributed by atoms with Gasteiger partial charge >= 0.3 is 16.2 Å². The number of amides is 2. The van der Waals surface area contributed by atoms with Crippen LogP contribution in [0.15, 0.2) is 12.3 Å². The van der Waals surface area contributed by atoms with E-state index in [1.165, 1.54) is 26.8 Å². The van der Waals surface area contributed by atoms with Crippen LogP contribution in [0.1, 0.15) is 52.9 Å². The average molecular weight is 477 g/mol. The lowest BCUT2D eigenvalue weighted by atomic mass is 9.99. The van der Waals surface area contributed by atoms with Crippen molar-refractivity contribution >= 4 is 38.3 Å². The number of ether oxygens (including phenoxy) is 1. The molecule has 1 aromatic carbocycles. The van der Waals surface area contributed by atoms with Crippen LogP contribution in [0.4, 0.5) is 15.5 Å². The van der Waals surface area contributed by atoms with Gasteiger partial charge in [-0.15, -0.1) is 11.3 Å². The first-order valence-corrected chi connectivity index (χ1v) is 13.5. The Morgan fingerprint density at radius 3 is 2.38 bits per heavy atom. The van der Waals surface area contributed by atoms with E-state index >= 15 is 0 Å². The molecule has 1 saturated heterocycles. The molecule has 1 aliphatic heterocycles. The summed E-state index contributed by atoms with van der Waals surface area (Å²) in [6.07, 6.45) is 8.68. The SMILES string of the molecule is Cc1ncc(N(C2CCOCC2)S(=O)(=O)NC(=O)Nc2c3c(cc4c2CCC4)CCC3)s1. The fourth-order valence-electron chi connectivity index (χ4n) is 5.14. The maximum atomic E-state index is 13.4. The van der Waals surface area contributed by atoms with Gasteiger partial charge in [-0.2, -0.15) is 8.42 Å².